The third-order valence-electron chi connectivity index (χ3n) is 2.88. The maximum Gasteiger partial charge on any atom is 0.242 e. The van der Waals surface area contributed by atoms with Crippen LogP contribution in [0.1, 0.15) is 5.56 Å². The molecule has 4 nitrogen and oxygen atoms in total. The Labute approximate surface area is 127 Å². The predicted octanol–water partition coefficient (Wildman–Crippen LogP) is 2.58. The molecule has 0 radical (unpaired) electrons. The summed E-state index contributed by atoms with van der Waals surface area (Å²) in [5, 5.41) is 0.295. The summed E-state index contributed by atoms with van der Waals surface area (Å²) in [6.45, 7) is 0.180. The Hall–Kier alpha value is -1.63. The molecule has 0 fully saturated rings. The van der Waals surface area contributed by atoms with Gasteiger partial charge in [0.2, 0.25) is 10.0 Å². The van der Waals surface area contributed by atoms with Crippen molar-refractivity contribution in [3.63, 3.8) is 0 Å². The molecule has 0 aliphatic carbocycles. The molecule has 0 atom stereocenters. The first-order chi connectivity index (χ1) is 9.88. The quantitative estimate of drug-likeness (QED) is 0.829. The number of sulfonamides is 1. The van der Waals surface area contributed by atoms with E-state index in [0.717, 1.165) is 5.56 Å². The van der Waals surface area contributed by atoms with Crippen LogP contribution in [0.3, 0.4) is 0 Å². The lowest BCUT2D eigenvalue weighted by molar-refractivity contribution is 0.582. The predicted molar refractivity (Wildman–Crippen MR) is 81.2 cm³/mol. The fourth-order valence-corrected chi connectivity index (χ4v) is 3.22. The van der Waals surface area contributed by atoms with Crippen LogP contribution in [0.4, 0.5) is 10.1 Å². The molecule has 0 aliphatic rings. The standard InChI is InChI=1S/C14H14ClFN2O2S/c15-11-3-6-13(17)14(9-11)21(19,20)18-8-7-10-1-4-12(16)5-2-10/h1-6,9,18H,7-8,17H2. The highest BCUT2D eigenvalue weighted by molar-refractivity contribution is 7.89. The zero-order valence-electron chi connectivity index (χ0n) is 11.0. The molecule has 2 aromatic rings. The van der Waals surface area contributed by atoms with Gasteiger partial charge in [0.25, 0.3) is 0 Å². The van der Waals surface area contributed by atoms with Crippen LogP contribution in [-0.2, 0) is 16.4 Å². The molecule has 7 heteroatoms. The topological polar surface area (TPSA) is 72.2 Å². The number of halogens is 2. The number of benzene rings is 2. The number of anilines is 1. The lowest BCUT2D eigenvalue weighted by atomic mass is 10.1. The van der Waals surface area contributed by atoms with Gasteiger partial charge < -0.3 is 5.73 Å². The molecule has 0 amide bonds. The lowest BCUT2D eigenvalue weighted by Crippen LogP contribution is -2.26. The Morgan fingerprint density at radius 1 is 1.14 bits per heavy atom. The molecule has 0 bridgehead atoms. The first kappa shape index (κ1) is 15.8. The van der Waals surface area contributed by atoms with Crippen molar-refractivity contribution in [2.24, 2.45) is 0 Å². The van der Waals surface area contributed by atoms with Crippen LogP contribution in [0, 0.1) is 5.82 Å². The van der Waals surface area contributed by atoms with E-state index in [2.05, 4.69) is 4.72 Å². The zero-order valence-corrected chi connectivity index (χ0v) is 12.6. The second-order valence-electron chi connectivity index (χ2n) is 4.46. The van der Waals surface area contributed by atoms with Crippen LogP contribution in [0.2, 0.25) is 5.02 Å². The highest BCUT2D eigenvalue weighted by Gasteiger charge is 2.17. The number of hydrogen-bond acceptors (Lipinski definition) is 3. The summed E-state index contributed by atoms with van der Waals surface area (Å²) >= 11 is 5.78. The van der Waals surface area contributed by atoms with Crippen molar-refractivity contribution < 1.29 is 12.8 Å². The molecule has 2 rings (SSSR count). The summed E-state index contributed by atoms with van der Waals surface area (Å²) in [7, 11) is -3.73. The summed E-state index contributed by atoms with van der Waals surface area (Å²) in [5.41, 5.74) is 6.62. The number of nitrogens with two attached hydrogens (primary N) is 1. The van der Waals surface area contributed by atoms with Gasteiger partial charge in [0.1, 0.15) is 10.7 Å². The van der Waals surface area contributed by atoms with E-state index < -0.39 is 10.0 Å². The van der Waals surface area contributed by atoms with Gasteiger partial charge in [0.15, 0.2) is 0 Å². The molecular weight excluding hydrogens is 315 g/mol. The first-order valence-electron chi connectivity index (χ1n) is 6.17. The highest BCUT2D eigenvalue weighted by atomic mass is 35.5. The van der Waals surface area contributed by atoms with Crippen molar-refractivity contribution in [3.05, 3.63) is 58.9 Å². The Morgan fingerprint density at radius 2 is 1.81 bits per heavy atom. The van der Waals surface area contributed by atoms with E-state index in [4.69, 9.17) is 17.3 Å². The van der Waals surface area contributed by atoms with Gasteiger partial charge in [0.05, 0.1) is 5.69 Å². The smallest absolute Gasteiger partial charge is 0.242 e. The van der Waals surface area contributed by atoms with Crippen molar-refractivity contribution >= 4 is 27.3 Å². The van der Waals surface area contributed by atoms with E-state index in [9.17, 15) is 12.8 Å². The van der Waals surface area contributed by atoms with E-state index in [1.165, 1.54) is 30.3 Å². The fourth-order valence-electron chi connectivity index (χ4n) is 1.80. The summed E-state index contributed by atoms with van der Waals surface area (Å²) in [6, 6.07) is 10.1. The molecular formula is C14H14ClFN2O2S. The molecule has 2 aromatic carbocycles. The second-order valence-corrected chi connectivity index (χ2v) is 6.63. The summed E-state index contributed by atoms with van der Waals surface area (Å²) in [5.74, 6) is -0.328. The Bertz CT molecular complexity index is 733. The monoisotopic (exact) mass is 328 g/mol. The van der Waals surface area contributed by atoms with Crippen molar-refractivity contribution in [2.75, 3.05) is 12.3 Å². The van der Waals surface area contributed by atoms with E-state index in [1.54, 1.807) is 12.1 Å². The van der Waals surface area contributed by atoms with Gasteiger partial charge in [-0.15, -0.1) is 0 Å². The van der Waals surface area contributed by atoms with E-state index in [-0.39, 0.29) is 22.9 Å². The van der Waals surface area contributed by atoms with Crippen LogP contribution < -0.4 is 10.5 Å². The van der Waals surface area contributed by atoms with Gasteiger partial charge in [-0.05, 0) is 42.3 Å². The SMILES string of the molecule is Nc1ccc(Cl)cc1S(=O)(=O)NCCc1ccc(F)cc1. The van der Waals surface area contributed by atoms with E-state index in [0.29, 0.717) is 11.4 Å². The lowest BCUT2D eigenvalue weighted by Gasteiger charge is -2.09. The minimum absolute atomic E-state index is 0.0471. The molecule has 0 saturated carbocycles. The summed E-state index contributed by atoms with van der Waals surface area (Å²) < 4.78 is 39.5. The maximum absolute atomic E-state index is 12.8. The van der Waals surface area contributed by atoms with Gasteiger partial charge in [-0.3, -0.25) is 0 Å². The molecule has 112 valence electrons. The zero-order chi connectivity index (χ0) is 15.5. The molecule has 0 unspecified atom stereocenters. The number of nitrogen functional groups attached to an aromatic ring is 1. The molecule has 0 aromatic heterocycles. The van der Waals surface area contributed by atoms with Crippen LogP contribution >= 0.6 is 11.6 Å². The third-order valence-corrected chi connectivity index (χ3v) is 4.64. The first-order valence-corrected chi connectivity index (χ1v) is 8.04. The summed E-state index contributed by atoms with van der Waals surface area (Å²) in [6.07, 6.45) is 0.444. The average Bonchev–Trinajstić information content (AvgIpc) is 2.43. The van der Waals surface area contributed by atoms with Crippen LogP contribution in [-0.4, -0.2) is 15.0 Å². The molecule has 21 heavy (non-hydrogen) atoms. The number of rotatable bonds is 5. The van der Waals surface area contributed by atoms with Crippen LogP contribution in [0.5, 0.6) is 0 Å². The second kappa shape index (κ2) is 6.43. The average molecular weight is 329 g/mol. The molecule has 3 N–H and O–H groups in total. The van der Waals surface area contributed by atoms with Crippen LogP contribution in [0.15, 0.2) is 47.4 Å². The van der Waals surface area contributed by atoms with Crippen LogP contribution in [0.25, 0.3) is 0 Å². The van der Waals surface area contributed by atoms with Crippen molar-refractivity contribution in [2.45, 2.75) is 11.3 Å². The summed E-state index contributed by atoms with van der Waals surface area (Å²) in [4.78, 5) is -0.0471. The molecule has 0 heterocycles. The van der Waals surface area contributed by atoms with Crippen molar-refractivity contribution in [1.29, 1.82) is 0 Å². The van der Waals surface area contributed by atoms with Crippen molar-refractivity contribution in [1.82, 2.24) is 4.72 Å². The van der Waals surface area contributed by atoms with Gasteiger partial charge in [-0.25, -0.2) is 17.5 Å². The normalized spacial score (nSPS) is 11.5. The van der Waals surface area contributed by atoms with Gasteiger partial charge >= 0.3 is 0 Å². The van der Waals surface area contributed by atoms with Crippen molar-refractivity contribution in [3.8, 4) is 0 Å². The Morgan fingerprint density at radius 3 is 2.48 bits per heavy atom. The molecule has 0 saturated heterocycles. The minimum Gasteiger partial charge on any atom is -0.398 e. The third kappa shape index (κ3) is 4.17. The van der Waals surface area contributed by atoms with Gasteiger partial charge in [-0.2, -0.15) is 0 Å². The van der Waals surface area contributed by atoms with E-state index >= 15 is 0 Å². The largest absolute Gasteiger partial charge is 0.398 e. The van der Waals surface area contributed by atoms with Gasteiger partial charge in [0, 0.05) is 11.6 Å². The number of nitrogens with one attached hydrogen (secondary N) is 1. The van der Waals surface area contributed by atoms with E-state index in [1.807, 2.05) is 0 Å². The van der Waals surface area contributed by atoms with Gasteiger partial charge in [-0.1, -0.05) is 23.7 Å². The fraction of sp³-hybridized carbons (Fsp3) is 0.143. The Kier molecular flexibility index (Phi) is 4.82. The number of hydrogen-bond donors (Lipinski definition) is 2. The molecule has 0 spiro atoms. The minimum atomic E-state index is -3.73. The highest BCUT2D eigenvalue weighted by Crippen LogP contribution is 2.22. The molecule has 0 aliphatic heterocycles. The Balaban J connectivity index is 2.04. The maximum atomic E-state index is 12.8.